The summed E-state index contributed by atoms with van der Waals surface area (Å²) in [5.74, 6) is 0.713. The Kier molecular flexibility index (Phi) is 3.35. The highest BCUT2D eigenvalue weighted by molar-refractivity contribution is 5.80. The van der Waals surface area contributed by atoms with Crippen molar-refractivity contribution in [3.05, 3.63) is 48.2 Å². The van der Waals surface area contributed by atoms with Gasteiger partial charge in [0.1, 0.15) is 0 Å². The fraction of sp³-hybridized carbons (Fsp3) is 0.267. The lowest BCUT2D eigenvalue weighted by Crippen LogP contribution is -1.83. The number of fused-ring (bicyclic) bond motifs is 1. The van der Waals surface area contributed by atoms with Crippen LogP contribution in [0, 0.1) is 5.92 Å². The number of benzene rings is 1. The molecule has 0 saturated carbocycles. The first-order valence-electron chi connectivity index (χ1n) is 5.77. The molecule has 0 unspecified atom stereocenters. The van der Waals surface area contributed by atoms with Crippen LogP contribution in [0.4, 0.5) is 0 Å². The molecular formula is C15H17N. The lowest BCUT2D eigenvalue weighted by atomic mass is 10.1. The molecule has 0 saturated heterocycles. The fourth-order valence-electron chi connectivity index (χ4n) is 1.66. The smallest absolute Gasteiger partial charge is 0.0702 e. The zero-order valence-electron chi connectivity index (χ0n) is 9.85. The van der Waals surface area contributed by atoms with E-state index in [9.17, 15) is 0 Å². The van der Waals surface area contributed by atoms with Crippen molar-refractivity contribution < 1.29 is 0 Å². The zero-order valence-corrected chi connectivity index (χ0v) is 9.85. The molecule has 0 radical (unpaired) electrons. The first kappa shape index (κ1) is 10.9. The molecule has 0 fully saturated rings. The van der Waals surface area contributed by atoms with E-state index in [2.05, 4.69) is 43.1 Å². The average Bonchev–Trinajstić information content (AvgIpc) is 2.28. The molecule has 0 aliphatic rings. The van der Waals surface area contributed by atoms with Crippen molar-refractivity contribution in [2.45, 2.75) is 20.3 Å². The van der Waals surface area contributed by atoms with E-state index in [0.29, 0.717) is 5.92 Å². The summed E-state index contributed by atoms with van der Waals surface area (Å²) < 4.78 is 0. The second-order valence-electron chi connectivity index (χ2n) is 4.49. The lowest BCUT2D eigenvalue weighted by Gasteiger charge is -1.99. The first-order valence-corrected chi connectivity index (χ1v) is 5.77. The minimum atomic E-state index is 0.713. The minimum absolute atomic E-state index is 0.713. The Labute approximate surface area is 96.8 Å². The highest BCUT2D eigenvalue weighted by atomic mass is 14.6. The van der Waals surface area contributed by atoms with Crippen molar-refractivity contribution in [3.8, 4) is 0 Å². The Hall–Kier alpha value is -1.63. The van der Waals surface area contributed by atoms with Crippen molar-refractivity contribution in [2.75, 3.05) is 0 Å². The van der Waals surface area contributed by atoms with Crippen LogP contribution in [-0.4, -0.2) is 4.98 Å². The summed E-state index contributed by atoms with van der Waals surface area (Å²) in [6, 6.07) is 10.4. The number of pyridine rings is 1. The molecule has 2 rings (SSSR count). The predicted octanol–water partition coefficient (Wildman–Crippen LogP) is 4.29. The SMILES string of the molecule is CC(C)C/C=C/c1cnc2ccccc2c1. The van der Waals surface area contributed by atoms with Crippen molar-refractivity contribution in [3.63, 3.8) is 0 Å². The molecule has 1 aromatic carbocycles. The maximum Gasteiger partial charge on any atom is 0.0702 e. The number of rotatable bonds is 3. The Bertz CT molecular complexity index is 498. The van der Waals surface area contributed by atoms with E-state index in [1.165, 1.54) is 10.9 Å². The third-order valence-corrected chi connectivity index (χ3v) is 2.53. The fourth-order valence-corrected chi connectivity index (χ4v) is 1.66. The van der Waals surface area contributed by atoms with E-state index >= 15 is 0 Å². The summed E-state index contributed by atoms with van der Waals surface area (Å²) in [7, 11) is 0. The zero-order chi connectivity index (χ0) is 11.4. The van der Waals surface area contributed by atoms with Gasteiger partial charge in [0.25, 0.3) is 0 Å². The molecular weight excluding hydrogens is 194 g/mol. The number of hydrogen-bond donors (Lipinski definition) is 0. The van der Waals surface area contributed by atoms with Gasteiger partial charge in [-0.1, -0.05) is 44.2 Å². The molecule has 0 aliphatic carbocycles. The van der Waals surface area contributed by atoms with E-state index in [0.717, 1.165) is 11.9 Å². The standard InChI is InChI=1S/C15H17N/c1-12(2)6-5-7-13-10-14-8-3-4-9-15(14)16-11-13/h3-5,7-12H,6H2,1-2H3/b7-5+. The Morgan fingerprint density at radius 3 is 2.88 bits per heavy atom. The molecule has 1 nitrogen and oxygen atoms in total. The summed E-state index contributed by atoms with van der Waals surface area (Å²) in [5, 5.41) is 1.20. The van der Waals surface area contributed by atoms with Gasteiger partial charge < -0.3 is 0 Å². The highest BCUT2D eigenvalue weighted by Gasteiger charge is 1.94. The van der Waals surface area contributed by atoms with Crippen molar-refractivity contribution >= 4 is 17.0 Å². The summed E-state index contributed by atoms with van der Waals surface area (Å²) in [6.07, 6.45) is 7.42. The van der Waals surface area contributed by atoms with Gasteiger partial charge >= 0.3 is 0 Å². The minimum Gasteiger partial charge on any atom is -0.256 e. The van der Waals surface area contributed by atoms with Crippen molar-refractivity contribution in [1.82, 2.24) is 4.98 Å². The van der Waals surface area contributed by atoms with Crippen LogP contribution in [0.5, 0.6) is 0 Å². The van der Waals surface area contributed by atoms with E-state index in [1.54, 1.807) is 0 Å². The molecule has 0 bridgehead atoms. The van der Waals surface area contributed by atoms with Crippen LogP contribution in [0.2, 0.25) is 0 Å². The van der Waals surface area contributed by atoms with Crippen LogP contribution in [-0.2, 0) is 0 Å². The van der Waals surface area contributed by atoms with Crippen LogP contribution in [0.25, 0.3) is 17.0 Å². The molecule has 1 heterocycles. The quantitative estimate of drug-likeness (QED) is 0.737. The summed E-state index contributed by atoms with van der Waals surface area (Å²) in [5.41, 5.74) is 2.24. The second kappa shape index (κ2) is 4.93. The molecule has 0 aliphatic heterocycles. The topological polar surface area (TPSA) is 12.9 Å². The van der Waals surface area contributed by atoms with Gasteiger partial charge in [-0.15, -0.1) is 0 Å². The number of hydrogen-bond acceptors (Lipinski definition) is 1. The molecule has 1 aromatic heterocycles. The largest absolute Gasteiger partial charge is 0.256 e. The van der Waals surface area contributed by atoms with E-state index < -0.39 is 0 Å². The van der Waals surface area contributed by atoms with Gasteiger partial charge in [0.2, 0.25) is 0 Å². The van der Waals surface area contributed by atoms with Crippen molar-refractivity contribution in [2.24, 2.45) is 5.92 Å². The van der Waals surface area contributed by atoms with Gasteiger partial charge in [0, 0.05) is 11.6 Å². The lowest BCUT2D eigenvalue weighted by molar-refractivity contribution is 0.665. The molecule has 2 aromatic rings. The first-order chi connectivity index (χ1) is 7.75. The molecule has 1 heteroatoms. The number of aromatic nitrogens is 1. The number of para-hydroxylation sites is 1. The van der Waals surface area contributed by atoms with E-state index in [1.807, 2.05) is 24.4 Å². The summed E-state index contributed by atoms with van der Waals surface area (Å²) >= 11 is 0. The van der Waals surface area contributed by atoms with Crippen LogP contribution in [0.1, 0.15) is 25.8 Å². The maximum absolute atomic E-state index is 4.43. The molecule has 0 amide bonds. The highest BCUT2D eigenvalue weighted by Crippen LogP contribution is 2.14. The third-order valence-electron chi connectivity index (χ3n) is 2.53. The summed E-state index contributed by atoms with van der Waals surface area (Å²) in [4.78, 5) is 4.43. The van der Waals surface area contributed by atoms with Crippen LogP contribution < -0.4 is 0 Å². The normalized spacial score (nSPS) is 11.7. The molecule has 0 N–H and O–H groups in total. The van der Waals surface area contributed by atoms with Gasteiger partial charge in [-0.3, -0.25) is 4.98 Å². The second-order valence-corrected chi connectivity index (χ2v) is 4.49. The van der Waals surface area contributed by atoms with Crippen LogP contribution in [0.3, 0.4) is 0 Å². The Morgan fingerprint density at radius 1 is 1.25 bits per heavy atom. The number of nitrogens with zero attached hydrogens (tertiary/aromatic N) is 1. The van der Waals surface area contributed by atoms with Gasteiger partial charge in [-0.25, -0.2) is 0 Å². The van der Waals surface area contributed by atoms with Gasteiger partial charge in [0.05, 0.1) is 5.52 Å². The Morgan fingerprint density at radius 2 is 2.06 bits per heavy atom. The van der Waals surface area contributed by atoms with Crippen molar-refractivity contribution in [1.29, 1.82) is 0 Å². The summed E-state index contributed by atoms with van der Waals surface area (Å²) in [6.45, 7) is 4.45. The number of allylic oxidation sites excluding steroid dienone is 1. The van der Waals surface area contributed by atoms with Crippen LogP contribution >= 0.6 is 0 Å². The predicted molar refractivity (Wildman–Crippen MR) is 70.2 cm³/mol. The Balaban J connectivity index is 2.22. The molecule has 0 spiro atoms. The van der Waals surface area contributed by atoms with Gasteiger partial charge in [-0.05, 0) is 30.0 Å². The van der Waals surface area contributed by atoms with E-state index in [4.69, 9.17) is 0 Å². The van der Waals surface area contributed by atoms with Gasteiger partial charge in [0.15, 0.2) is 0 Å². The van der Waals surface area contributed by atoms with Gasteiger partial charge in [-0.2, -0.15) is 0 Å². The third kappa shape index (κ3) is 2.69. The monoisotopic (exact) mass is 211 g/mol. The molecule has 82 valence electrons. The van der Waals surface area contributed by atoms with Crippen LogP contribution in [0.15, 0.2) is 42.6 Å². The average molecular weight is 211 g/mol. The molecule has 16 heavy (non-hydrogen) atoms. The van der Waals surface area contributed by atoms with E-state index in [-0.39, 0.29) is 0 Å². The molecule has 0 atom stereocenters. The maximum atomic E-state index is 4.43.